The molecule has 3 rings (SSSR count). The number of hydrogen-bond donors (Lipinski definition) is 0. The third-order valence-corrected chi connectivity index (χ3v) is 5.32. The molecule has 0 saturated heterocycles. The van der Waals surface area contributed by atoms with Gasteiger partial charge in [-0.2, -0.15) is 4.37 Å². The Kier molecular flexibility index (Phi) is 4.35. The minimum absolute atomic E-state index is 0.127. The number of thiazole rings is 1. The Labute approximate surface area is 150 Å². The smallest absolute Gasteiger partial charge is 0.276 e. The van der Waals surface area contributed by atoms with E-state index in [9.17, 15) is 0 Å². The van der Waals surface area contributed by atoms with Gasteiger partial charge in [0.2, 0.25) is 0 Å². The van der Waals surface area contributed by atoms with Gasteiger partial charge in [0.25, 0.3) is 15.6 Å². The van der Waals surface area contributed by atoms with Crippen LogP contribution in [0.2, 0.25) is 10.2 Å². The second kappa shape index (κ2) is 5.81. The summed E-state index contributed by atoms with van der Waals surface area (Å²) in [7, 11) is 0. The van der Waals surface area contributed by atoms with Gasteiger partial charge in [-0.25, -0.2) is 4.98 Å². The van der Waals surface area contributed by atoms with Crippen LogP contribution in [0.15, 0.2) is 9.80 Å². The molecule has 0 unspecified atom stereocenters. The van der Waals surface area contributed by atoms with Gasteiger partial charge in [0, 0.05) is 5.38 Å². The molecule has 21 heavy (non-hydrogen) atoms. The Morgan fingerprint density at radius 2 is 1.90 bits per heavy atom. The highest BCUT2D eigenvalue weighted by Gasteiger charge is 2.31. The van der Waals surface area contributed by atoms with E-state index in [4.69, 9.17) is 62.4 Å². The van der Waals surface area contributed by atoms with Crippen LogP contribution in [0.3, 0.4) is 0 Å². The molecule has 0 amide bonds. The van der Waals surface area contributed by atoms with Crippen LogP contribution in [0, 0.1) is 0 Å². The highest BCUT2D eigenvalue weighted by Crippen LogP contribution is 2.40. The van der Waals surface area contributed by atoms with Crippen molar-refractivity contribution < 1.29 is 4.42 Å². The quantitative estimate of drug-likeness (QED) is 0.514. The minimum atomic E-state index is -1.78. The Morgan fingerprint density at radius 3 is 2.48 bits per heavy atom. The maximum absolute atomic E-state index is 6.04. The summed E-state index contributed by atoms with van der Waals surface area (Å²) in [6.45, 7) is 0. The highest BCUT2D eigenvalue weighted by molar-refractivity contribution is 7.14. The first-order valence-electron chi connectivity index (χ1n) is 5.04. The van der Waals surface area contributed by atoms with Crippen molar-refractivity contribution >= 4 is 80.9 Å². The number of alkyl halides is 3. The lowest BCUT2D eigenvalue weighted by Crippen LogP contribution is -1.99. The molecule has 0 aromatic carbocycles. The van der Waals surface area contributed by atoms with E-state index in [2.05, 4.69) is 19.6 Å². The van der Waals surface area contributed by atoms with Gasteiger partial charge in [0.05, 0.1) is 15.6 Å². The predicted molar refractivity (Wildman–Crippen MR) is 85.8 cm³/mol. The molecule has 0 spiro atoms. The Morgan fingerprint density at radius 1 is 1.14 bits per heavy atom. The molecule has 3 heterocycles. The zero-order valence-electron chi connectivity index (χ0n) is 9.48. The van der Waals surface area contributed by atoms with Gasteiger partial charge in [0.1, 0.15) is 0 Å². The van der Waals surface area contributed by atoms with Gasteiger partial charge in [-0.15, -0.1) is 21.5 Å². The normalized spacial score (nSPS) is 12.0. The van der Waals surface area contributed by atoms with Gasteiger partial charge in [0.15, 0.2) is 10.2 Å². The molecular weight excluding hydrogens is 422 g/mol. The standard InChI is InChI=1S/C9HCl5N4OS2/c10-3-4(21-18-5(3)11)2-1-20-7(15-2)6-16-17-8(19-6)9(12,13)14/h1H. The fraction of sp³-hybridized carbons (Fsp3) is 0.111. The molecule has 0 bridgehead atoms. The van der Waals surface area contributed by atoms with Crippen molar-refractivity contribution in [3.63, 3.8) is 0 Å². The first kappa shape index (κ1) is 15.7. The van der Waals surface area contributed by atoms with E-state index in [1.165, 1.54) is 11.3 Å². The van der Waals surface area contributed by atoms with E-state index in [0.29, 0.717) is 20.6 Å². The average molecular weight is 423 g/mol. The van der Waals surface area contributed by atoms with E-state index in [1.807, 2.05) is 0 Å². The van der Waals surface area contributed by atoms with Gasteiger partial charge >= 0.3 is 0 Å². The Balaban J connectivity index is 1.95. The van der Waals surface area contributed by atoms with Crippen molar-refractivity contribution in [3.8, 4) is 21.5 Å². The summed E-state index contributed by atoms with van der Waals surface area (Å²) >= 11 is 31.3. The summed E-state index contributed by atoms with van der Waals surface area (Å²) in [5, 5.41) is 10.3. The first-order valence-corrected chi connectivity index (χ1v) is 8.58. The lowest BCUT2D eigenvalue weighted by atomic mass is 10.4. The monoisotopic (exact) mass is 420 g/mol. The van der Waals surface area contributed by atoms with E-state index >= 15 is 0 Å². The summed E-state index contributed by atoms with van der Waals surface area (Å²) in [6.07, 6.45) is 0. The molecule has 0 atom stereocenters. The predicted octanol–water partition coefficient (Wildman–Crippen LogP) is 5.45. The number of aromatic nitrogens is 4. The van der Waals surface area contributed by atoms with Crippen LogP contribution >= 0.6 is 80.9 Å². The van der Waals surface area contributed by atoms with Gasteiger partial charge < -0.3 is 4.42 Å². The zero-order valence-corrected chi connectivity index (χ0v) is 14.9. The van der Waals surface area contributed by atoms with Crippen molar-refractivity contribution in [2.24, 2.45) is 0 Å². The van der Waals surface area contributed by atoms with E-state index in [0.717, 1.165) is 11.5 Å². The van der Waals surface area contributed by atoms with Crippen LogP contribution in [0.25, 0.3) is 21.5 Å². The maximum atomic E-state index is 6.04. The van der Waals surface area contributed by atoms with E-state index < -0.39 is 3.79 Å². The van der Waals surface area contributed by atoms with Crippen LogP contribution in [0.1, 0.15) is 5.89 Å². The molecule has 0 fully saturated rings. The molecule has 3 aromatic heterocycles. The summed E-state index contributed by atoms with van der Waals surface area (Å²) in [6, 6.07) is 0. The van der Waals surface area contributed by atoms with E-state index in [1.54, 1.807) is 5.38 Å². The topological polar surface area (TPSA) is 64.7 Å². The van der Waals surface area contributed by atoms with Crippen molar-refractivity contribution in [2.75, 3.05) is 0 Å². The molecule has 3 aromatic rings. The van der Waals surface area contributed by atoms with Crippen LogP contribution in [-0.4, -0.2) is 19.6 Å². The molecule has 110 valence electrons. The van der Waals surface area contributed by atoms with Gasteiger partial charge in [-0.1, -0.05) is 58.0 Å². The molecule has 12 heteroatoms. The summed E-state index contributed by atoms with van der Waals surface area (Å²) in [4.78, 5) is 5.00. The second-order valence-electron chi connectivity index (χ2n) is 3.56. The molecule has 0 N–H and O–H groups in total. The van der Waals surface area contributed by atoms with Crippen LogP contribution in [0.5, 0.6) is 0 Å². The molecular formula is C9HCl5N4OS2. The molecule has 0 radical (unpaired) electrons. The lowest BCUT2D eigenvalue weighted by Gasteiger charge is -2.01. The fourth-order valence-corrected chi connectivity index (χ4v) is 3.54. The Bertz CT molecular complexity index is 792. The van der Waals surface area contributed by atoms with Crippen LogP contribution < -0.4 is 0 Å². The van der Waals surface area contributed by atoms with Crippen molar-refractivity contribution in [3.05, 3.63) is 21.4 Å². The fourth-order valence-electron chi connectivity index (χ4n) is 1.32. The number of hydrogen-bond acceptors (Lipinski definition) is 7. The molecule has 0 saturated carbocycles. The van der Waals surface area contributed by atoms with Crippen molar-refractivity contribution in [2.45, 2.75) is 3.79 Å². The Hall–Kier alpha value is -0.150. The highest BCUT2D eigenvalue weighted by atomic mass is 35.6. The number of rotatable bonds is 2. The number of halogens is 5. The SMILES string of the molecule is Clc1nsc(-c2csc(-c3nnc(C(Cl)(Cl)Cl)o3)n2)c1Cl. The van der Waals surface area contributed by atoms with E-state index in [-0.39, 0.29) is 16.9 Å². The van der Waals surface area contributed by atoms with Crippen LogP contribution in [0.4, 0.5) is 0 Å². The number of nitrogens with zero attached hydrogens (tertiary/aromatic N) is 4. The summed E-state index contributed by atoms with van der Waals surface area (Å²) in [5.41, 5.74) is 0.609. The zero-order chi connectivity index (χ0) is 15.2. The van der Waals surface area contributed by atoms with Gasteiger partial charge in [-0.3, -0.25) is 0 Å². The summed E-state index contributed by atoms with van der Waals surface area (Å²) in [5.74, 6) is 0.0254. The summed E-state index contributed by atoms with van der Waals surface area (Å²) < 4.78 is 7.45. The molecule has 0 aliphatic heterocycles. The molecule has 5 nitrogen and oxygen atoms in total. The largest absolute Gasteiger partial charge is 0.414 e. The third-order valence-electron chi connectivity index (χ3n) is 2.18. The second-order valence-corrected chi connectivity index (χ2v) is 8.21. The van der Waals surface area contributed by atoms with Gasteiger partial charge in [-0.05, 0) is 11.5 Å². The van der Waals surface area contributed by atoms with Crippen molar-refractivity contribution in [1.29, 1.82) is 0 Å². The lowest BCUT2D eigenvalue weighted by molar-refractivity contribution is 0.514. The van der Waals surface area contributed by atoms with Crippen molar-refractivity contribution in [1.82, 2.24) is 19.6 Å². The maximum Gasteiger partial charge on any atom is 0.276 e. The first-order chi connectivity index (χ1) is 9.86. The molecule has 0 aliphatic carbocycles. The molecule has 0 aliphatic rings. The minimum Gasteiger partial charge on any atom is -0.414 e. The third kappa shape index (κ3) is 3.14. The van der Waals surface area contributed by atoms with Crippen LogP contribution in [-0.2, 0) is 3.79 Å². The average Bonchev–Trinajstić information content (AvgIpc) is 3.09.